The van der Waals surface area contributed by atoms with Crippen molar-refractivity contribution in [3.8, 4) is 0 Å². The van der Waals surface area contributed by atoms with Gasteiger partial charge in [-0.25, -0.2) is 4.79 Å². The summed E-state index contributed by atoms with van der Waals surface area (Å²) in [6.45, 7) is 3.60. The lowest BCUT2D eigenvalue weighted by atomic mass is 9.97. The van der Waals surface area contributed by atoms with Crippen LogP contribution in [0.4, 0.5) is 0 Å². The fourth-order valence-electron chi connectivity index (χ4n) is 4.44. The van der Waals surface area contributed by atoms with Crippen molar-refractivity contribution >= 4 is 28.6 Å². The van der Waals surface area contributed by atoms with Gasteiger partial charge in [-0.2, -0.15) is 0 Å². The van der Waals surface area contributed by atoms with Gasteiger partial charge in [-0.05, 0) is 30.8 Å². The molecule has 2 N–H and O–H groups in total. The summed E-state index contributed by atoms with van der Waals surface area (Å²) in [5, 5.41) is 14.2. The van der Waals surface area contributed by atoms with Gasteiger partial charge in [-0.1, -0.05) is 43.3 Å². The van der Waals surface area contributed by atoms with Gasteiger partial charge >= 0.3 is 5.97 Å². The molecule has 0 saturated carbocycles. The van der Waals surface area contributed by atoms with Gasteiger partial charge < -0.3 is 15.3 Å². The number of amides is 2. The Hall–Kier alpha value is -3.26. The van der Waals surface area contributed by atoms with Crippen molar-refractivity contribution in [3.05, 3.63) is 54.4 Å². The fourth-order valence-corrected chi connectivity index (χ4v) is 4.44. The van der Waals surface area contributed by atoms with Crippen molar-refractivity contribution in [3.63, 3.8) is 0 Å². The van der Waals surface area contributed by atoms with Crippen molar-refractivity contribution in [2.45, 2.75) is 37.9 Å². The lowest BCUT2D eigenvalue weighted by Crippen LogP contribution is -2.66. The van der Waals surface area contributed by atoms with E-state index < -0.39 is 24.0 Å². The lowest BCUT2D eigenvalue weighted by molar-refractivity contribution is -0.158. The van der Waals surface area contributed by atoms with Crippen molar-refractivity contribution < 1.29 is 19.5 Å². The van der Waals surface area contributed by atoms with Crippen LogP contribution in [0.5, 0.6) is 0 Å². The third-order valence-corrected chi connectivity index (χ3v) is 6.05. The predicted octanol–water partition coefficient (Wildman–Crippen LogP) is 1.67. The molecule has 31 heavy (non-hydrogen) atoms. The monoisotopic (exact) mass is 422 g/mol. The van der Waals surface area contributed by atoms with Crippen LogP contribution in [0.1, 0.15) is 30.3 Å². The number of aliphatic carboxylic acids is 1. The molecule has 162 valence electrons. The molecule has 0 radical (unpaired) electrons. The molecule has 0 aliphatic carbocycles. The Morgan fingerprint density at radius 3 is 2.71 bits per heavy atom. The molecule has 4 rings (SSSR count). The van der Waals surface area contributed by atoms with Crippen LogP contribution in [-0.4, -0.2) is 75.4 Å². The molecule has 1 fully saturated rings. The van der Waals surface area contributed by atoms with Crippen LogP contribution in [0.2, 0.25) is 0 Å². The van der Waals surface area contributed by atoms with Crippen molar-refractivity contribution in [2.24, 2.45) is 0 Å². The van der Waals surface area contributed by atoms with E-state index in [1.54, 1.807) is 6.20 Å². The highest BCUT2D eigenvalue weighted by molar-refractivity contribution is 6.06. The molecule has 1 aromatic carbocycles. The van der Waals surface area contributed by atoms with E-state index in [-0.39, 0.29) is 24.2 Å². The molecule has 1 aromatic heterocycles. The van der Waals surface area contributed by atoms with E-state index in [4.69, 9.17) is 0 Å². The summed E-state index contributed by atoms with van der Waals surface area (Å²) in [7, 11) is 0. The van der Waals surface area contributed by atoms with Gasteiger partial charge in [0.05, 0.1) is 0 Å². The third kappa shape index (κ3) is 4.16. The molecule has 3 heterocycles. The zero-order chi connectivity index (χ0) is 22.0. The topological polar surface area (TPSA) is 103 Å². The van der Waals surface area contributed by atoms with Gasteiger partial charge in [-0.15, -0.1) is 0 Å². The van der Waals surface area contributed by atoms with Gasteiger partial charge in [0.1, 0.15) is 17.8 Å². The number of carbonyl (C=O) groups is 3. The Kier molecular flexibility index (Phi) is 5.99. The van der Waals surface area contributed by atoms with Crippen molar-refractivity contribution in [2.75, 3.05) is 19.6 Å². The number of hydrogen-bond donors (Lipinski definition) is 2. The molecule has 8 nitrogen and oxygen atoms in total. The second-order valence-electron chi connectivity index (χ2n) is 7.96. The first kappa shape index (κ1) is 21.0. The maximum absolute atomic E-state index is 13.4. The van der Waals surface area contributed by atoms with Gasteiger partial charge in [0, 0.05) is 30.7 Å². The maximum Gasteiger partial charge on any atom is 0.327 e. The minimum absolute atomic E-state index is 0.242. The molecule has 2 aliphatic heterocycles. The van der Waals surface area contributed by atoms with E-state index in [2.05, 4.69) is 15.2 Å². The number of hydrogen-bond acceptors (Lipinski definition) is 5. The summed E-state index contributed by atoms with van der Waals surface area (Å²) in [6, 6.07) is 7.23. The van der Waals surface area contributed by atoms with Crippen LogP contribution in [0, 0.1) is 0 Å². The average Bonchev–Trinajstić information content (AvgIpc) is 2.78. The molecule has 0 unspecified atom stereocenters. The average molecular weight is 422 g/mol. The molecule has 1 saturated heterocycles. The number of carboxylic acid groups (broad SMARTS) is 1. The molecule has 0 bridgehead atoms. The normalized spacial score (nSPS) is 24.4. The summed E-state index contributed by atoms with van der Waals surface area (Å²) in [5.74, 6) is -1.83. The summed E-state index contributed by atoms with van der Waals surface area (Å²) in [4.78, 5) is 46.2. The number of aromatic nitrogens is 1. The number of likely N-dealkylation sites (N-methyl/N-ethyl adjacent to an activating group) is 1. The molecule has 2 amide bonds. The highest BCUT2D eigenvalue weighted by Crippen LogP contribution is 2.24. The number of carboxylic acids is 1. The van der Waals surface area contributed by atoms with E-state index in [9.17, 15) is 19.5 Å². The summed E-state index contributed by atoms with van der Waals surface area (Å²) in [6.07, 6.45) is 6.33. The minimum atomic E-state index is -1.03. The molecular formula is C23H26N4O4. The van der Waals surface area contributed by atoms with Gasteiger partial charge in [-0.3, -0.25) is 19.5 Å². The van der Waals surface area contributed by atoms with Gasteiger partial charge in [0.2, 0.25) is 5.91 Å². The zero-order valence-corrected chi connectivity index (χ0v) is 17.4. The Labute approximate surface area is 180 Å². The molecular weight excluding hydrogens is 396 g/mol. The largest absolute Gasteiger partial charge is 0.480 e. The molecule has 8 heteroatoms. The van der Waals surface area contributed by atoms with E-state index in [1.807, 2.05) is 49.4 Å². The molecule has 2 aromatic rings. The predicted molar refractivity (Wildman–Crippen MR) is 116 cm³/mol. The van der Waals surface area contributed by atoms with E-state index in [0.29, 0.717) is 24.8 Å². The molecule has 3 atom stereocenters. The standard InChI is InChI=1S/C23H26N4O4/c1-2-26-13-16-8-4-6-10-18(22(29)27(16)19(14-26)23(30)31)25-21(28)20-17-9-5-3-7-15(17)11-12-24-20/h3-7,9,11-12,16,18-19H,2,8,10,13-14H2,1H3,(H,25,28)(H,30,31)/t16-,18-,19-/m0/s1. The number of nitrogens with zero attached hydrogens (tertiary/aromatic N) is 3. The quantitative estimate of drug-likeness (QED) is 0.727. The fraction of sp³-hybridized carbons (Fsp3) is 0.391. The number of fused-ring (bicyclic) bond motifs is 2. The smallest absolute Gasteiger partial charge is 0.327 e. The van der Waals surface area contributed by atoms with Gasteiger partial charge in [0.15, 0.2) is 0 Å². The first-order chi connectivity index (χ1) is 15.0. The van der Waals surface area contributed by atoms with Crippen LogP contribution in [0.15, 0.2) is 48.7 Å². The molecule has 0 spiro atoms. The van der Waals surface area contributed by atoms with Crippen LogP contribution < -0.4 is 5.32 Å². The van der Waals surface area contributed by atoms with Crippen LogP contribution in [0.25, 0.3) is 10.8 Å². The van der Waals surface area contributed by atoms with E-state index >= 15 is 0 Å². The number of rotatable bonds is 4. The Balaban J connectivity index is 1.62. The highest BCUT2D eigenvalue weighted by atomic mass is 16.4. The Bertz CT molecular complexity index is 1030. The Morgan fingerprint density at radius 2 is 1.94 bits per heavy atom. The summed E-state index contributed by atoms with van der Waals surface area (Å²) < 4.78 is 0. The number of piperazine rings is 1. The summed E-state index contributed by atoms with van der Waals surface area (Å²) in [5.41, 5.74) is 0.249. The SMILES string of the molecule is CCN1C[C@@H]2CC=CC[C@H](NC(=O)c3nccc4ccccc34)C(=O)N2[C@H](C(=O)O)C1. The van der Waals surface area contributed by atoms with Crippen molar-refractivity contribution in [1.82, 2.24) is 20.1 Å². The van der Waals surface area contributed by atoms with Crippen molar-refractivity contribution in [1.29, 1.82) is 0 Å². The minimum Gasteiger partial charge on any atom is -0.480 e. The van der Waals surface area contributed by atoms with Crippen LogP contribution in [-0.2, 0) is 9.59 Å². The highest BCUT2D eigenvalue weighted by Gasteiger charge is 2.43. The van der Waals surface area contributed by atoms with E-state index in [0.717, 1.165) is 11.9 Å². The maximum atomic E-state index is 13.4. The summed E-state index contributed by atoms with van der Waals surface area (Å²) >= 11 is 0. The molecule has 2 aliphatic rings. The van der Waals surface area contributed by atoms with E-state index in [1.165, 1.54) is 4.90 Å². The number of pyridine rings is 1. The lowest BCUT2D eigenvalue weighted by Gasteiger charge is -2.46. The zero-order valence-electron chi connectivity index (χ0n) is 17.4. The van der Waals surface area contributed by atoms with Crippen LogP contribution in [0.3, 0.4) is 0 Å². The number of benzene rings is 1. The number of carbonyl (C=O) groups excluding carboxylic acids is 2. The second-order valence-corrected chi connectivity index (χ2v) is 7.96. The van der Waals surface area contributed by atoms with Crippen LogP contribution >= 0.6 is 0 Å². The first-order valence-electron chi connectivity index (χ1n) is 10.6. The Morgan fingerprint density at radius 1 is 1.16 bits per heavy atom. The first-order valence-corrected chi connectivity index (χ1v) is 10.6. The second kappa shape index (κ2) is 8.85. The van der Waals surface area contributed by atoms with Gasteiger partial charge in [0.25, 0.3) is 5.91 Å². The third-order valence-electron chi connectivity index (χ3n) is 6.05. The number of nitrogens with one attached hydrogen (secondary N) is 1.